The summed E-state index contributed by atoms with van der Waals surface area (Å²) in [6.07, 6.45) is 5.20. The summed E-state index contributed by atoms with van der Waals surface area (Å²) in [6.45, 7) is 3.00. The number of anilines is 1. The third-order valence-electron chi connectivity index (χ3n) is 4.46. The van der Waals surface area contributed by atoms with E-state index in [4.69, 9.17) is 0 Å². The fourth-order valence-electron chi connectivity index (χ4n) is 2.99. The van der Waals surface area contributed by atoms with Gasteiger partial charge in [0.15, 0.2) is 0 Å². The Hall–Kier alpha value is -2.55. The smallest absolute Gasteiger partial charge is 0.227 e. The Morgan fingerprint density at radius 1 is 1.00 bits per heavy atom. The number of para-hydroxylation sites is 2. The van der Waals surface area contributed by atoms with Crippen LogP contribution in [0.4, 0.5) is 5.69 Å². The summed E-state index contributed by atoms with van der Waals surface area (Å²) in [5.41, 5.74) is 2.15. The highest BCUT2D eigenvalue weighted by Gasteiger charge is 2.12. The van der Waals surface area contributed by atoms with Gasteiger partial charge in [-0.05, 0) is 42.5 Å². The maximum Gasteiger partial charge on any atom is 0.227 e. The van der Waals surface area contributed by atoms with Crippen molar-refractivity contribution in [3.05, 3.63) is 66.9 Å². The number of amides is 1. The highest BCUT2D eigenvalue weighted by Crippen LogP contribution is 2.17. The molecule has 0 aliphatic carbocycles. The number of aryl methyl sites for hydroxylation is 1. The summed E-state index contributed by atoms with van der Waals surface area (Å²) >= 11 is 0. The average molecular weight is 320 g/mol. The number of benzene rings is 2. The molecule has 3 nitrogen and oxygen atoms in total. The highest BCUT2D eigenvalue weighted by atomic mass is 16.1. The van der Waals surface area contributed by atoms with Gasteiger partial charge in [0, 0.05) is 29.9 Å². The zero-order valence-electron chi connectivity index (χ0n) is 14.1. The Labute approximate surface area is 143 Å². The SMILES string of the molecule is C[C@@H](CCCCn1ccc2ccccc21)C(=O)Nc1ccccc1. The molecule has 3 heteroatoms. The molecule has 0 bridgehead atoms. The molecule has 24 heavy (non-hydrogen) atoms. The molecule has 1 atom stereocenters. The normalized spacial score (nSPS) is 12.2. The molecule has 124 valence electrons. The Kier molecular flexibility index (Phi) is 5.32. The summed E-state index contributed by atoms with van der Waals surface area (Å²) in [4.78, 5) is 12.2. The fraction of sp³-hybridized carbons (Fsp3) is 0.286. The van der Waals surface area contributed by atoms with Crippen LogP contribution >= 0.6 is 0 Å². The number of carbonyl (C=O) groups is 1. The number of aromatic nitrogens is 1. The van der Waals surface area contributed by atoms with E-state index in [9.17, 15) is 4.79 Å². The number of nitrogens with zero attached hydrogens (tertiary/aromatic N) is 1. The summed E-state index contributed by atoms with van der Waals surface area (Å²) in [5.74, 6) is 0.138. The lowest BCUT2D eigenvalue weighted by molar-refractivity contribution is -0.119. The summed E-state index contributed by atoms with van der Waals surface area (Å²) < 4.78 is 2.30. The van der Waals surface area contributed by atoms with Crippen LogP contribution in [-0.4, -0.2) is 10.5 Å². The van der Waals surface area contributed by atoms with Crippen molar-refractivity contribution in [1.82, 2.24) is 4.57 Å². The van der Waals surface area contributed by atoms with E-state index in [0.717, 1.165) is 31.5 Å². The fourth-order valence-corrected chi connectivity index (χ4v) is 2.99. The Morgan fingerprint density at radius 2 is 1.75 bits per heavy atom. The zero-order valence-corrected chi connectivity index (χ0v) is 14.1. The van der Waals surface area contributed by atoms with Gasteiger partial charge in [-0.25, -0.2) is 0 Å². The monoisotopic (exact) mass is 320 g/mol. The van der Waals surface area contributed by atoms with Gasteiger partial charge in [0.05, 0.1) is 0 Å². The van der Waals surface area contributed by atoms with E-state index in [1.165, 1.54) is 10.9 Å². The van der Waals surface area contributed by atoms with Gasteiger partial charge in [0.25, 0.3) is 0 Å². The lowest BCUT2D eigenvalue weighted by atomic mass is 10.0. The van der Waals surface area contributed by atoms with Crippen molar-refractivity contribution in [2.75, 3.05) is 5.32 Å². The van der Waals surface area contributed by atoms with Crippen molar-refractivity contribution in [3.63, 3.8) is 0 Å². The van der Waals surface area contributed by atoms with Gasteiger partial charge in [-0.3, -0.25) is 4.79 Å². The quantitative estimate of drug-likeness (QED) is 0.605. The second-order valence-electron chi connectivity index (χ2n) is 6.32. The highest BCUT2D eigenvalue weighted by molar-refractivity contribution is 5.92. The van der Waals surface area contributed by atoms with Gasteiger partial charge in [-0.2, -0.15) is 0 Å². The predicted molar refractivity (Wildman–Crippen MR) is 100 cm³/mol. The van der Waals surface area contributed by atoms with E-state index in [1.54, 1.807) is 0 Å². The molecule has 0 unspecified atom stereocenters. The third-order valence-corrected chi connectivity index (χ3v) is 4.46. The van der Waals surface area contributed by atoms with Crippen LogP contribution in [0.15, 0.2) is 66.9 Å². The second kappa shape index (κ2) is 7.82. The van der Waals surface area contributed by atoms with E-state index < -0.39 is 0 Å². The van der Waals surface area contributed by atoms with Gasteiger partial charge in [0.2, 0.25) is 5.91 Å². The molecule has 0 aliphatic rings. The Morgan fingerprint density at radius 3 is 2.58 bits per heavy atom. The number of unbranched alkanes of at least 4 members (excludes halogenated alkanes) is 1. The van der Waals surface area contributed by atoms with E-state index >= 15 is 0 Å². The Balaban J connectivity index is 1.43. The zero-order chi connectivity index (χ0) is 16.8. The molecular formula is C21H24N2O. The van der Waals surface area contributed by atoms with Crippen molar-refractivity contribution in [3.8, 4) is 0 Å². The first-order chi connectivity index (χ1) is 11.7. The predicted octanol–water partition coefficient (Wildman–Crippen LogP) is 5.09. The van der Waals surface area contributed by atoms with Crippen LogP contribution in [0.1, 0.15) is 26.2 Å². The topological polar surface area (TPSA) is 34.0 Å². The van der Waals surface area contributed by atoms with Crippen molar-refractivity contribution in [2.45, 2.75) is 32.7 Å². The molecule has 2 aromatic carbocycles. The van der Waals surface area contributed by atoms with Crippen LogP contribution in [0.25, 0.3) is 10.9 Å². The molecule has 1 amide bonds. The number of hydrogen-bond acceptors (Lipinski definition) is 1. The summed E-state index contributed by atoms with van der Waals surface area (Å²) in [6, 6.07) is 20.3. The maximum absolute atomic E-state index is 12.2. The van der Waals surface area contributed by atoms with Crippen molar-refractivity contribution in [2.24, 2.45) is 5.92 Å². The van der Waals surface area contributed by atoms with E-state index in [-0.39, 0.29) is 11.8 Å². The van der Waals surface area contributed by atoms with Crippen LogP contribution in [0, 0.1) is 5.92 Å². The van der Waals surface area contributed by atoms with Crippen LogP contribution in [0.2, 0.25) is 0 Å². The average Bonchev–Trinajstić information content (AvgIpc) is 3.02. The number of nitrogens with one attached hydrogen (secondary N) is 1. The molecule has 0 radical (unpaired) electrons. The van der Waals surface area contributed by atoms with Gasteiger partial charge >= 0.3 is 0 Å². The Bertz CT molecular complexity index is 792. The number of rotatable bonds is 7. The molecule has 1 heterocycles. The number of hydrogen-bond donors (Lipinski definition) is 1. The van der Waals surface area contributed by atoms with Crippen molar-refractivity contribution < 1.29 is 4.79 Å². The lowest BCUT2D eigenvalue weighted by Crippen LogP contribution is -2.20. The summed E-state index contributed by atoms with van der Waals surface area (Å²) in [7, 11) is 0. The maximum atomic E-state index is 12.2. The van der Waals surface area contributed by atoms with E-state index in [2.05, 4.69) is 46.4 Å². The van der Waals surface area contributed by atoms with Crippen molar-refractivity contribution in [1.29, 1.82) is 0 Å². The molecule has 0 saturated carbocycles. The molecule has 1 aromatic heterocycles. The first-order valence-corrected chi connectivity index (χ1v) is 8.64. The third kappa shape index (κ3) is 4.05. The van der Waals surface area contributed by atoms with E-state index in [0.29, 0.717) is 0 Å². The molecule has 0 spiro atoms. The molecule has 0 aliphatic heterocycles. The molecule has 3 rings (SSSR count). The number of fused-ring (bicyclic) bond motifs is 1. The van der Waals surface area contributed by atoms with Crippen LogP contribution < -0.4 is 5.32 Å². The minimum atomic E-state index is 0.0339. The summed E-state index contributed by atoms with van der Waals surface area (Å²) in [5, 5.41) is 4.26. The van der Waals surface area contributed by atoms with Crippen LogP contribution in [-0.2, 0) is 11.3 Å². The van der Waals surface area contributed by atoms with E-state index in [1.807, 2.05) is 37.3 Å². The first-order valence-electron chi connectivity index (χ1n) is 8.64. The van der Waals surface area contributed by atoms with Crippen molar-refractivity contribution >= 4 is 22.5 Å². The minimum absolute atomic E-state index is 0.0339. The van der Waals surface area contributed by atoms with Gasteiger partial charge in [-0.15, -0.1) is 0 Å². The largest absolute Gasteiger partial charge is 0.347 e. The lowest BCUT2D eigenvalue weighted by Gasteiger charge is -2.12. The minimum Gasteiger partial charge on any atom is -0.347 e. The van der Waals surface area contributed by atoms with Gasteiger partial charge in [-0.1, -0.05) is 49.7 Å². The second-order valence-corrected chi connectivity index (χ2v) is 6.32. The molecular weight excluding hydrogens is 296 g/mol. The first kappa shape index (κ1) is 16.3. The molecule has 3 aromatic rings. The van der Waals surface area contributed by atoms with Gasteiger partial charge < -0.3 is 9.88 Å². The van der Waals surface area contributed by atoms with Gasteiger partial charge in [0.1, 0.15) is 0 Å². The van der Waals surface area contributed by atoms with Crippen LogP contribution in [0.5, 0.6) is 0 Å². The molecule has 0 fully saturated rings. The van der Waals surface area contributed by atoms with Crippen LogP contribution in [0.3, 0.4) is 0 Å². The molecule has 0 saturated heterocycles. The number of carbonyl (C=O) groups excluding carboxylic acids is 1. The standard InChI is InChI=1S/C21H24N2O/c1-17(21(24)22-19-11-3-2-4-12-19)9-7-8-15-23-16-14-18-10-5-6-13-20(18)23/h2-6,10-14,16-17H,7-9,15H2,1H3,(H,22,24)/t17-/m0/s1. The molecule has 1 N–H and O–H groups in total.